The molecule has 0 saturated carbocycles. The van der Waals surface area contributed by atoms with Crippen molar-refractivity contribution in [3.63, 3.8) is 0 Å². The number of hydrogen-bond acceptors (Lipinski definition) is 5. The van der Waals surface area contributed by atoms with Gasteiger partial charge in [-0.05, 0) is 62.3 Å². The lowest BCUT2D eigenvalue weighted by molar-refractivity contribution is 0.102. The highest BCUT2D eigenvalue weighted by molar-refractivity contribution is 6.11. The second-order valence-electron chi connectivity index (χ2n) is 7.73. The average Bonchev–Trinajstić information content (AvgIpc) is 3.18. The van der Waals surface area contributed by atoms with Crippen LogP contribution in [0.2, 0.25) is 0 Å². The van der Waals surface area contributed by atoms with Crippen molar-refractivity contribution in [1.29, 1.82) is 0 Å². The van der Waals surface area contributed by atoms with Crippen LogP contribution < -0.4 is 20.9 Å². The number of ether oxygens (including phenoxy) is 1. The summed E-state index contributed by atoms with van der Waals surface area (Å²) in [4.78, 5) is 28.3. The lowest BCUT2D eigenvalue weighted by Gasteiger charge is -2.23. The van der Waals surface area contributed by atoms with Crippen LogP contribution in [0.25, 0.3) is 16.6 Å². The normalized spacial score (nSPS) is 14.7. The molecular formula is C23H23N5O3. The lowest BCUT2D eigenvalue weighted by atomic mass is 9.94. The number of aromatic amines is 1. The molecule has 8 nitrogen and oxygen atoms in total. The van der Waals surface area contributed by atoms with E-state index in [9.17, 15) is 9.59 Å². The molecule has 31 heavy (non-hydrogen) atoms. The number of anilines is 1. The van der Waals surface area contributed by atoms with Gasteiger partial charge in [-0.15, -0.1) is 0 Å². The molecule has 0 bridgehead atoms. The zero-order valence-electron chi connectivity index (χ0n) is 17.1. The number of benzene rings is 2. The topological polar surface area (TPSA) is 101 Å². The van der Waals surface area contributed by atoms with E-state index in [1.165, 1.54) is 0 Å². The monoisotopic (exact) mass is 417 g/mol. The molecule has 3 heterocycles. The largest absolute Gasteiger partial charge is 0.497 e. The van der Waals surface area contributed by atoms with Crippen LogP contribution >= 0.6 is 0 Å². The van der Waals surface area contributed by atoms with E-state index < -0.39 is 0 Å². The second kappa shape index (κ2) is 7.88. The van der Waals surface area contributed by atoms with Gasteiger partial charge in [-0.1, -0.05) is 6.07 Å². The first kappa shape index (κ1) is 19.3. The summed E-state index contributed by atoms with van der Waals surface area (Å²) in [6, 6.07) is 14.1. The first-order valence-corrected chi connectivity index (χ1v) is 10.3. The van der Waals surface area contributed by atoms with Gasteiger partial charge in [0, 0.05) is 17.5 Å². The summed E-state index contributed by atoms with van der Waals surface area (Å²) < 4.78 is 6.98. The van der Waals surface area contributed by atoms with Gasteiger partial charge in [-0.2, -0.15) is 5.10 Å². The zero-order chi connectivity index (χ0) is 21.4. The van der Waals surface area contributed by atoms with E-state index in [1.54, 1.807) is 37.4 Å². The molecule has 1 aliphatic rings. The number of aromatic nitrogens is 3. The Morgan fingerprint density at radius 3 is 2.68 bits per heavy atom. The number of carbonyl (C=O) groups is 1. The minimum absolute atomic E-state index is 0.167. The van der Waals surface area contributed by atoms with Gasteiger partial charge in [0.1, 0.15) is 11.4 Å². The Kier molecular flexibility index (Phi) is 4.91. The van der Waals surface area contributed by atoms with E-state index in [0.29, 0.717) is 28.2 Å². The molecule has 0 aliphatic carbocycles. The molecule has 3 N–H and O–H groups in total. The Balaban J connectivity index is 1.59. The predicted octanol–water partition coefficient (Wildman–Crippen LogP) is 2.90. The number of nitrogens with zero attached hydrogens (tertiary/aromatic N) is 2. The van der Waals surface area contributed by atoms with Crippen molar-refractivity contribution in [2.75, 3.05) is 25.5 Å². The maximum Gasteiger partial charge on any atom is 0.255 e. The summed E-state index contributed by atoms with van der Waals surface area (Å²) in [5.41, 5.74) is 3.17. The average molecular weight is 417 g/mol. The van der Waals surface area contributed by atoms with Crippen LogP contribution in [0.4, 0.5) is 5.69 Å². The summed E-state index contributed by atoms with van der Waals surface area (Å²) in [6.07, 6.45) is 1.91. The fraction of sp³-hybridized carbons (Fsp3) is 0.261. The molecule has 0 atom stereocenters. The second-order valence-corrected chi connectivity index (χ2v) is 7.73. The van der Waals surface area contributed by atoms with Gasteiger partial charge in [0.2, 0.25) is 0 Å². The summed E-state index contributed by atoms with van der Waals surface area (Å²) in [6.45, 7) is 1.84. The first-order valence-electron chi connectivity index (χ1n) is 10.3. The summed E-state index contributed by atoms with van der Waals surface area (Å²) in [5.74, 6) is 0.702. The van der Waals surface area contributed by atoms with Crippen molar-refractivity contribution in [3.8, 4) is 5.75 Å². The van der Waals surface area contributed by atoms with Crippen molar-refractivity contribution in [3.05, 3.63) is 70.1 Å². The highest BCUT2D eigenvalue weighted by atomic mass is 16.5. The highest BCUT2D eigenvalue weighted by Gasteiger charge is 2.22. The minimum atomic E-state index is -0.244. The fourth-order valence-corrected chi connectivity index (χ4v) is 4.24. The zero-order valence-corrected chi connectivity index (χ0v) is 17.1. The smallest absolute Gasteiger partial charge is 0.255 e. The Hall–Kier alpha value is -3.65. The van der Waals surface area contributed by atoms with Gasteiger partial charge in [0.25, 0.3) is 11.5 Å². The van der Waals surface area contributed by atoms with Crippen molar-refractivity contribution >= 4 is 28.1 Å². The van der Waals surface area contributed by atoms with Crippen LogP contribution in [-0.4, -0.2) is 40.7 Å². The summed E-state index contributed by atoms with van der Waals surface area (Å²) in [7, 11) is 1.58. The fourth-order valence-electron chi connectivity index (χ4n) is 4.24. The van der Waals surface area contributed by atoms with Crippen LogP contribution in [0.3, 0.4) is 0 Å². The molecule has 0 unspecified atom stereocenters. The van der Waals surface area contributed by atoms with E-state index in [1.807, 2.05) is 22.7 Å². The number of methoxy groups -OCH3 is 1. The van der Waals surface area contributed by atoms with Crippen molar-refractivity contribution < 1.29 is 9.53 Å². The van der Waals surface area contributed by atoms with Crippen molar-refractivity contribution in [2.24, 2.45) is 0 Å². The molecule has 1 amide bonds. The SMILES string of the molecule is COc1ccc(C(=O)Nc2cccc3nn4c(C5CCNCC5)cc(=O)[nH]c4c23)cc1. The Morgan fingerprint density at radius 1 is 1.16 bits per heavy atom. The van der Waals surface area contributed by atoms with E-state index in [2.05, 4.69) is 15.6 Å². The van der Waals surface area contributed by atoms with E-state index in [4.69, 9.17) is 9.84 Å². The van der Waals surface area contributed by atoms with E-state index in [-0.39, 0.29) is 17.4 Å². The molecule has 8 heteroatoms. The number of hydrogen-bond donors (Lipinski definition) is 3. The molecule has 4 aromatic rings. The van der Waals surface area contributed by atoms with Gasteiger partial charge in [0.05, 0.1) is 29.4 Å². The van der Waals surface area contributed by atoms with E-state index in [0.717, 1.165) is 37.0 Å². The molecule has 158 valence electrons. The van der Waals surface area contributed by atoms with Crippen LogP contribution in [0.1, 0.15) is 34.8 Å². The predicted molar refractivity (Wildman–Crippen MR) is 119 cm³/mol. The van der Waals surface area contributed by atoms with Gasteiger partial charge < -0.3 is 20.4 Å². The molecular weight excluding hydrogens is 394 g/mol. The molecule has 0 spiro atoms. The number of H-pyrrole nitrogens is 1. The number of amides is 1. The Labute approximate surface area is 178 Å². The quantitative estimate of drug-likeness (QED) is 0.474. The molecule has 2 aromatic heterocycles. The molecule has 0 radical (unpaired) electrons. The number of piperidine rings is 1. The third-order valence-electron chi connectivity index (χ3n) is 5.82. The highest BCUT2D eigenvalue weighted by Crippen LogP contribution is 2.30. The summed E-state index contributed by atoms with van der Waals surface area (Å²) >= 11 is 0. The molecule has 5 rings (SSSR count). The lowest BCUT2D eigenvalue weighted by Crippen LogP contribution is -2.28. The summed E-state index contributed by atoms with van der Waals surface area (Å²) in [5, 5.41) is 11.8. The van der Waals surface area contributed by atoms with Crippen LogP contribution in [0.5, 0.6) is 5.75 Å². The van der Waals surface area contributed by atoms with Gasteiger partial charge in [-0.25, -0.2) is 4.52 Å². The molecule has 1 aliphatic heterocycles. The number of fused-ring (bicyclic) bond motifs is 3. The number of carbonyl (C=O) groups excluding carboxylic acids is 1. The van der Waals surface area contributed by atoms with Crippen molar-refractivity contribution in [1.82, 2.24) is 19.9 Å². The maximum absolute atomic E-state index is 12.8. The van der Waals surface area contributed by atoms with E-state index >= 15 is 0 Å². The van der Waals surface area contributed by atoms with Crippen LogP contribution in [-0.2, 0) is 0 Å². The van der Waals surface area contributed by atoms with Gasteiger partial charge in [-0.3, -0.25) is 9.59 Å². The number of rotatable bonds is 4. The molecule has 1 fully saturated rings. The van der Waals surface area contributed by atoms with Gasteiger partial charge in [0.15, 0.2) is 0 Å². The molecule has 2 aromatic carbocycles. The third-order valence-corrected chi connectivity index (χ3v) is 5.82. The Morgan fingerprint density at radius 2 is 1.94 bits per heavy atom. The minimum Gasteiger partial charge on any atom is -0.497 e. The van der Waals surface area contributed by atoms with Crippen LogP contribution in [0, 0.1) is 0 Å². The third kappa shape index (κ3) is 3.55. The first-order chi connectivity index (χ1) is 15.1. The number of nitrogens with one attached hydrogen (secondary N) is 3. The van der Waals surface area contributed by atoms with Crippen molar-refractivity contribution in [2.45, 2.75) is 18.8 Å². The maximum atomic E-state index is 12.8. The van der Waals surface area contributed by atoms with Crippen LogP contribution in [0.15, 0.2) is 53.3 Å². The Bertz CT molecular complexity index is 1320. The van der Waals surface area contributed by atoms with Gasteiger partial charge >= 0.3 is 0 Å². The standard InChI is InChI=1S/C23H23N5O3/c1-31-16-7-5-15(6-8-16)23(30)25-17-3-2-4-18-21(17)22-26-20(29)13-19(28(22)27-18)14-9-11-24-12-10-14/h2-8,13-14,24H,9-12H2,1H3,(H,25,30)(H,26,29). The molecule has 1 saturated heterocycles.